The Hall–Kier alpha value is -1.84. The first-order chi connectivity index (χ1) is 8.70. The van der Waals surface area contributed by atoms with Crippen molar-refractivity contribution in [2.75, 3.05) is 13.2 Å². The molecule has 1 heterocycles. The third kappa shape index (κ3) is 2.88. The molecule has 4 nitrogen and oxygen atoms in total. The fourth-order valence-electron chi connectivity index (χ4n) is 2.16. The van der Waals surface area contributed by atoms with E-state index in [1.807, 2.05) is 18.2 Å². The van der Waals surface area contributed by atoms with Gasteiger partial charge in [0, 0.05) is 13.1 Å². The first-order valence-corrected chi connectivity index (χ1v) is 6.21. The molecule has 1 aromatic carbocycles. The molecule has 0 aromatic heterocycles. The predicted molar refractivity (Wildman–Crippen MR) is 66.8 cm³/mol. The van der Waals surface area contributed by atoms with Crippen LogP contribution in [0.1, 0.15) is 24.5 Å². The molecule has 2 rings (SSSR count). The van der Waals surface area contributed by atoms with Gasteiger partial charge in [0.15, 0.2) is 0 Å². The van der Waals surface area contributed by atoms with Gasteiger partial charge in [0.2, 0.25) is 5.91 Å². The van der Waals surface area contributed by atoms with E-state index in [-0.39, 0.29) is 12.3 Å². The molecule has 0 atom stereocenters. The van der Waals surface area contributed by atoms with Crippen LogP contribution in [-0.4, -0.2) is 29.9 Å². The van der Waals surface area contributed by atoms with Crippen LogP contribution >= 0.6 is 0 Å². The zero-order chi connectivity index (χ0) is 13.0. The number of esters is 1. The van der Waals surface area contributed by atoms with Crippen molar-refractivity contribution >= 4 is 11.9 Å². The van der Waals surface area contributed by atoms with Crippen LogP contribution in [0.2, 0.25) is 0 Å². The van der Waals surface area contributed by atoms with Gasteiger partial charge in [-0.25, -0.2) is 0 Å². The third-order valence-electron chi connectivity index (χ3n) is 3.08. The van der Waals surface area contributed by atoms with Crippen LogP contribution in [0, 0.1) is 0 Å². The average molecular weight is 247 g/mol. The number of hydrogen-bond donors (Lipinski definition) is 0. The Morgan fingerprint density at radius 2 is 2.00 bits per heavy atom. The number of rotatable bonds is 3. The van der Waals surface area contributed by atoms with E-state index in [2.05, 4.69) is 6.07 Å². The van der Waals surface area contributed by atoms with Gasteiger partial charge in [-0.15, -0.1) is 0 Å². The Morgan fingerprint density at radius 1 is 1.28 bits per heavy atom. The van der Waals surface area contributed by atoms with E-state index in [4.69, 9.17) is 4.74 Å². The molecule has 1 aromatic rings. The Morgan fingerprint density at radius 3 is 2.72 bits per heavy atom. The maximum absolute atomic E-state index is 11.9. The molecule has 1 amide bonds. The highest BCUT2D eigenvalue weighted by molar-refractivity contribution is 5.94. The quantitative estimate of drug-likeness (QED) is 0.601. The fourth-order valence-corrected chi connectivity index (χ4v) is 2.16. The lowest BCUT2D eigenvalue weighted by Gasteiger charge is -2.28. The first-order valence-electron chi connectivity index (χ1n) is 6.21. The molecule has 0 saturated carbocycles. The normalized spacial score (nSPS) is 13.9. The Balaban J connectivity index is 1.96. The number of ether oxygens (including phenoxy) is 1. The Labute approximate surface area is 107 Å². The van der Waals surface area contributed by atoms with Gasteiger partial charge in [0.1, 0.15) is 6.42 Å². The van der Waals surface area contributed by atoms with Crippen molar-refractivity contribution in [2.24, 2.45) is 0 Å². The maximum Gasteiger partial charge on any atom is 0.315 e. The lowest BCUT2D eigenvalue weighted by atomic mass is 10.00. The average Bonchev–Trinajstić information content (AvgIpc) is 2.38. The summed E-state index contributed by atoms with van der Waals surface area (Å²) in [6.07, 6.45) is 0.695. The molecule has 0 bridgehead atoms. The summed E-state index contributed by atoms with van der Waals surface area (Å²) < 4.78 is 4.79. The second-order valence-corrected chi connectivity index (χ2v) is 4.32. The van der Waals surface area contributed by atoms with E-state index in [1.165, 1.54) is 11.1 Å². The van der Waals surface area contributed by atoms with E-state index in [0.29, 0.717) is 19.7 Å². The number of benzene rings is 1. The summed E-state index contributed by atoms with van der Waals surface area (Å²) in [5.41, 5.74) is 2.46. The second-order valence-electron chi connectivity index (χ2n) is 4.32. The van der Waals surface area contributed by atoms with Crippen LogP contribution in [0.25, 0.3) is 0 Å². The summed E-state index contributed by atoms with van der Waals surface area (Å²) in [7, 11) is 0. The van der Waals surface area contributed by atoms with E-state index in [1.54, 1.807) is 11.8 Å². The monoisotopic (exact) mass is 247 g/mol. The number of carbonyl (C=O) groups excluding carboxylic acids is 2. The SMILES string of the molecule is CCOC(=O)CC(=O)N1CCc2ccccc2C1. The van der Waals surface area contributed by atoms with Crippen LogP contribution in [0.3, 0.4) is 0 Å². The van der Waals surface area contributed by atoms with E-state index in [9.17, 15) is 9.59 Å². The summed E-state index contributed by atoms with van der Waals surface area (Å²) in [6, 6.07) is 8.09. The van der Waals surface area contributed by atoms with Gasteiger partial charge in [-0.2, -0.15) is 0 Å². The maximum atomic E-state index is 11.9. The molecule has 0 N–H and O–H groups in total. The molecule has 0 saturated heterocycles. The predicted octanol–water partition coefficient (Wildman–Crippen LogP) is 1.52. The van der Waals surface area contributed by atoms with E-state index >= 15 is 0 Å². The minimum Gasteiger partial charge on any atom is -0.466 e. The highest BCUT2D eigenvalue weighted by atomic mass is 16.5. The van der Waals surface area contributed by atoms with Crippen molar-refractivity contribution in [3.63, 3.8) is 0 Å². The molecule has 0 fully saturated rings. The molecular weight excluding hydrogens is 230 g/mol. The van der Waals surface area contributed by atoms with Crippen LogP contribution in [0.15, 0.2) is 24.3 Å². The summed E-state index contributed by atoms with van der Waals surface area (Å²) in [6.45, 7) is 3.32. The van der Waals surface area contributed by atoms with E-state index < -0.39 is 5.97 Å². The van der Waals surface area contributed by atoms with Gasteiger partial charge in [0.05, 0.1) is 6.61 Å². The largest absolute Gasteiger partial charge is 0.466 e. The standard InChI is InChI=1S/C14H17NO3/c1-2-18-14(17)9-13(16)15-8-7-11-5-3-4-6-12(11)10-15/h3-6H,2,7-10H2,1H3. The van der Waals surface area contributed by atoms with Gasteiger partial charge in [0.25, 0.3) is 0 Å². The third-order valence-corrected chi connectivity index (χ3v) is 3.08. The molecule has 96 valence electrons. The van der Waals surface area contributed by atoms with Crippen LogP contribution < -0.4 is 0 Å². The fraction of sp³-hybridized carbons (Fsp3) is 0.429. The number of carbonyl (C=O) groups is 2. The molecule has 1 aliphatic rings. The van der Waals surface area contributed by atoms with Crippen molar-refractivity contribution in [1.82, 2.24) is 4.90 Å². The molecule has 0 spiro atoms. The Bertz CT molecular complexity index is 456. The summed E-state index contributed by atoms with van der Waals surface area (Å²) >= 11 is 0. The zero-order valence-electron chi connectivity index (χ0n) is 10.5. The van der Waals surface area contributed by atoms with Crippen LogP contribution in [0.5, 0.6) is 0 Å². The number of fused-ring (bicyclic) bond motifs is 1. The molecule has 18 heavy (non-hydrogen) atoms. The van der Waals surface area contributed by atoms with Crippen molar-refractivity contribution in [1.29, 1.82) is 0 Å². The van der Waals surface area contributed by atoms with Gasteiger partial charge in [-0.05, 0) is 24.5 Å². The topological polar surface area (TPSA) is 46.6 Å². The van der Waals surface area contributed by atoms with Crippen molar-refractivity contribution in [3.8, 4) is 0 Å². The summed E-state index contributed by atoms with van der Waals surface area (Å²) in [5, 5.41) is 0. The van der Waals surface area contributed by atoms with Gasteiger partial charge < -0.3 is 9.64 Å². The second kappa shape index (κ2) is 5.67. The lowest BCUT2D eigenvalue weighted by molar-refractivity contribution is -0.148. The van der Waals surface area contributed by atoms with Crippen molar-refractivity contribution < 1.29 is 14.3 Å². The summed E-state index contributed by atoms with van der Waals surface area (Å²) in [4.78, 5) is 24.9. The van der Waals surface area contributed by atoms with Gasteiger partial charge >= 0.3 is 5.97 Å². The summed E-state index contributed by atoms with van der Waals surface area (Å²) in [5.74, 6) is -0.593. The molecular formula is C14H17NO3. The highest BCUT2D eigenvalue weighted by Gasteiger charge is 2.22. The van der Waals surface area contributed by atoms with Crippen LogP contribution in [-0.2, 0) is 27.3 Å². The van der Waals surface area contributed by atoms with Crippen LogP contribution in [0.4, 0.5) is 0 Å². The smallest absolute Gasteiger partial charge is 0.315 e. The number of hydrogen-bond acceptors (Lipinski definition) is 3. The zero-order valence-corrected chi connectivity index (χ0v) is 10.5. The molecule has 4 heteroatoms. The minimum absolute atomic E-state index is 0.150. The number of nitrogens with zero attached hydrogens (tertiary/aromatic N) is 1. The van der Waals surface area contributed by atoms with Crippen molar-refractivity contribution in [3.05, 3.63) is 35.4 Å². The van der Waals surface area contributed by atoms with Gasteiger partial charge in [-0.3, -0.25) is 9.59 Å². The molecule has 0 unspecified atom stereocenters. The molecule has 0 radical (unpaired) electrons. The molecule has 1 aliphatic heterocycles. The molecule has 0 aliphatic carbocycles. The van der Waals surface area contributed by atoms with Crippen molar-refractivity contribution in [2.45, 2.75) is 26.3 Å². The highest BCUT2D eigenvalue weighted by Crippen LogP contribution is 2.18. The first kappa shape index (κ1) is 12.6. The minimum atomic E-state index is -0.443. The lowest BCUT2D eigenvalue weighted by Crippen LogP contribution is -2.37. The van der Waals surface area contributed by atoms with E-state index in [0.717, 1.165) is 6.42 Å². The van der Waals surface area contributed by atoms with Gasteiger partial charge in [-0.1, -0.05) is 24.3 Å². The Kier molecular flexibility index (Phi) is 3.97. The number of amides is 1.